The Hall–Kier alpha value is -1.92. The minimum Gasteiger partial charge on any atom is -0.323 e. The van der Waals surface area contributed by atoms with Crippen LogP contribution in [0.4, 0.5) is 15.8 Å². The van der Waals surface area contributed by atoms with Gasteiger partial charge in [-0.05, 0) is 65.2 Å². The summed E-state index contributed by atoms with van der Waals surface area (Å²) < 4.78 is 13.7. The minimum atomic E-state index is -0.370. The summed E-state index contributed by atoms with van der Waals surface area (Å²) in [5.74, 6) is 4.75. The van der Waals surface area contributed by atoms with Crippen LogP contribution >= 0.6 is 15.9 Å². The summed E-state index contributed by atoms with van der Waals surface area (Å²) in [4.78, 5) is 12.3. The number of benzene rings is 2. The molecule has 0 saturated heterocycles. The largest absolute Gasteiger partial charge is 0.323 e. The zero-order valence-corrected chi connectivity index (χ0v) is 13.2. The topological polar surface area (TPSA) is 67.2 Å². The van der Waals surface area contributed by atoms with E-state index in [0.717, 1.165) is 5.56 Å². The average Bonchev–Trinajstić information content (AvgIpc) is 2.44. The molecule has 0 spiro atoms. The van der Waals surface area contributed by atoms with Crippen molar-refractivity contribution in [3.8, 4) is 0 Å². The van der Waals surface area contributed by atoms with E-state index in [1.807, 2.05) is 13.0 Å². The molecule has 0 aliphatic heterocycles. The third kappa shape index (κ3) is 3.40. The molecule has 0 atom stereocenters. The number of carbonyl (C=O) groups excluding carboxylic acids is 1. The van der Waals surface area contributed by atoms with Crippen molar-refractivity contribution >= 4 is 33.2 Å². The molecule has 0 aliphatic carbocycles. The van der Waals surface area contributed by atoms with Crippen LogP contribution in [0, 0.1) is 19.7 Å². The van der Waals surface area contributed by atoms with E-state index in [2.05, 4.69) is 26.7 Å². The summed E-state index contributed by atoms with van der Waals surface area (Å²) in [6.07, 6.45) is 0. The van der Waals surface area contributed by atoms with Crippen molar-refractivity contribution in [1.82, 2.24) is 0 Å². The maximum atomic E-state index is 13.4. The van der Waals surface area contributed by atoms with Crippen molar-refractivity contribution in [3.63, 3.8) is 0 Å². The quantitative estimate of drug-likeness (QED) is 0.582. The smallest absolute Gasteiger partial charge is 0.257 e. The summed E-state index contributed by atoms with van der Waals surface area (Å²) in [5, 5.41) is 2.76. The van der Waals surface area contributed by atoms with Gasteiger partial charge in [0.15, 0.2) is 0 Å². The fourth-order valence-electron chi connectivity index (χ4n) is 1.95. The van der Waals surface area contributed by atoms with E-state index in [4.69, 9.17) is 5.84 Å². The van der Waals surface area contributed by atoms with Crippen molar-refractivity contribution in [3.05, 3.63) is 57.3 Å². The first-order chi connectivity index (χ1) is 9.92. The number of carbonyl (C=O) groups is 1. The van der Waals surface area contributed by atoms with E-state index in [1.165, 1.54) is 12.1 Å². The Kier molecular flexibility index (Phi) is 4.59. The van der Waals surface area contributed by atoms with Crippen LogP contribution < -0.4 is 16.6 Å². The molecule has 0 radical (unpaired) electrons. The number of nitrogen functional groups attached to an aromatic ring is 1. The van der Waals surface area contributed by atoms with Gasteiger partial charge < -0.3 is 10.7 Å². The second kappa shape index (κ2) is 6.24. The first-order valence-electron chi connectivity index (χ1n) is 6.26. The highest BCUT2D eigenvalue weighted by molar-refractivity contribution is 9.10. The van der Waals surface area contributed by atoms with Crippen molar-refractivity contribution in [2.45, 2.75) is 13.8 Å². The number of hydrazine groups is 1. The molecule has 0 unspecified atom stereocenters. The molecule has 0 saturated carbocycles. The normalized spacial score (nSPS) is 10.3. The van der Waals surface area contributed by atoms with E-state index in [9.17, 15) is 9.18 Å². The molecular formula is C15H15BrFN3O. The molecule has 0 fully saturated rings. The van der Waals surface area contributed by atoms with Crippen LogP contribution in [0.1, 0.15) is 21.5 Å². The van der Waals surface area contributed by atoms with Crippen LogP contribution in [0.25, 0.3) is 0 Å². The minimum absolute atomic E-state index is 0.296. The molecule has 6 heteroatoms. The Bertz CT molecular complexity index is 704. The van der Waals surface area contributed by atoms with Crippen molar-refractivity contribution in [1.29, 1.82) is 0 Å². The molecule has 0 heterocycles. The van der Waals surface area contributed by atoms with Crippen LogP contribution in [0.2, 0.25) is 0 Å². The second-order valence-corrected chi connectivity index (χ2v) is 5.58. The van der Waals surface area contributed by atoms with Crippen molar-refractivity contribution in [2.24, 2.45) is 5.84 Å². The molecule has 4 nitrogen and oxygen atoms in total. The lowest BCUT2D eigenvalue weighted by atomic mass is 10.1. The Labute approximate surface area is 130 Å². The van der Waals surface area contributed by atoms with Gasteiger partial charge in [-0.1, -0.05) is 6.07 Å². The number of rotatable bonds is 3. The molecular weight excluding hydrogens is 337 g/mol. The molecule has 4 N–H and O–H groups in total. The van der Waals surface area contributed by atoms with Gasteiger partial charge in [-0.25, -0.2) is 4.39 Å². The van der Waals surface area contributed by atoms with Gasteiger partial charge in [0.05, 0.1) is 15.7 Å². The number of nitrogens with two attached hydrogens (primary N) is 1. The van der Waals surface area contributed by atoms with E-state index in [1.54, 1.807) is 19.1 Å². The van der Waals surface area contributed by atoms with E-state index >= 15 is 0 Å². The predicted octanol–water partition coefficient (Wildman–Crippen LogP) is 3.74. The summed E-state index contributed by atoms with van der Waals surface area (Å²) >= 11 is 3.11. The van der Waals surface area contributed by atoms with Gasteiger partial charge in [-0.15, -0.1) is 0 Å². The molecule has 1 amide bonds. The third-order valence-corrected chi connectivity index (χ3v) is 3.70. The number of anilines is 2. The van der Waals surface area contributed by atoms with Crippen LogP contribution in [0.15, 0.2) is 34.8 Å². The molecule has 2 aromatic carbocycles. The zero-order chi connectivity index (χ0) is 15.6. The standard InChI is InChI=1S/C15H15BrFN3O/c1-8-3-4-10(14(5-8)20-18)15(21)19-13-7-11(16)12(17)6-9(13)2/h3-7,20H,18H2,1-2H3,(H,19,21). The molecule has 2 rings (SSSR count). The van der Waals surface area contributed by atoms with Crippen LogP contribution in [-0.4, -0.2) is 5.91 Å². The summed E-state index contributed by atoms with van der Waals surface area (Å²) in [6, 6.07) is 8.18. The van der Waals surface area contributed by atoms with Gasteiger partial charge >= 0.3 is 0 Å². The van der Waals surface area contributed by atoms with Gasteiger partial charge in [0.25, 0.3) is 5.91 Å². The maximum absolute atomic E-state index is 13.4. The molecule has 2 aromatic rings. The third-order valence-electron chi connectivity index (χ3n) is 3.09. The van der Waals surface area contributed by atoms with Crippen molar-refractivity contribution in [2.75, 3.05) is 10.7 Å². The number of nitrogens with one attached hydrogen (secondary N) is 2. The number of aryl methyl sites for hydroxylation is 2. The molecule has 21 heavy (non-hydrogen) atoms. The summed E-state index contributed by atoms with van der Waals surface area (Å²) in [6.45, 7) is 3.63. The van der Waals surface area contributed by atoms with E-state index in [-0.39, 0.29) is 11.7 Å². The number of hydrogen-bond donors (Lipinski definition) is 3. The first kappa shape index (κ1) is 15.5. The molecule has 110 valence electrons. The highest BCUT2D eigenvalue weighted by Gasteiger charge is 2.13. The lowest BCUT2D eigenvalue weighted by molar-refractivity contribution is 0.102. The second-order valence-electron chi connectivity index (χ2n) is 4.73. The number of halogens is 2. The van der Waals surface area contributed by atoms with Gasteiger partial charge in [0, 0.05) is 5.69 Å². The Morgan fingerprint density at radius 1 is 1.19 bits per heavy atom. The summed E-state index contributed by atoms with van der Waals surface area (Å²) in [7, 11) is 0. The van der Waals surface area contributed by atoms with Crippen LogP contribution in [-0.2, 0) is 0 Å². The fourth-order valence-corrected chi connectivity index (χ4v) is 2.29. The number of amides is 1. The van der Waals surface area contributed by atoms with E-state index in [0.29, 0.717) is 27.0 Å². The lowest BCUT2D eigenvalue weighted by Crippen LogP contribution is -2.18. The molecule has 0 aromatic heterocycles. The first-order valence-corrected chi connectivity index (χ1v) is 7.06. The predicted molar refractivity (Wildman–Crippen MR) is 85.8 cm³/mol. The van der Waals surface area contributed by atoms with Crippen LogP contribution in [0.3, 0.4) is 0 Å². The zero-order valence-electron chi connectivity index (χ0n) is 11.6. The average molecular weight is 352 g/mol. The molecule has 0 bridgehead atoms. The Morgan fingerprint density at radius 3 is 2.57 bits per heavy atom. The monoisotopic (exact) mass is 351 g/mol. The molecule has 0 aliphatic rings. The van der Waals surface area contributed by atoms with Crippen LogP contribution in [0.5, 0.6) is 0 Å². The Morgan fingerprint density at radius 2 is 1.90 bits per heavy atom. The maximum Gasteiger partial charge on any atom is 0.257 e. The highest BCUT2D eigenvalue weighted by atomic mass is 79.9. The highest BCUT2D eigenvalue weighted by Crippen LogP contribution is 2.25. The van der Waals surface area contributed by atoms with Gasteiger partial charge in [-0.3, -0.25) is 10.6 Å². The summed E-state index contributed by atoms with van der Waals surface area (Å²) in [5.41, 5.74) is 5.62. The van der Waals surface area contributed by atoms with Gasteiger partial charge in [0.2, 0.25) is 0 Å². The van der Waals surface area contributed by atoms with Gasteiger partial charge in [-0.2, -0.15) is 0 Å². The SMILES string of the molecule is Cc1ccc(C(=O)Nc2cc(Br)c(F)cc2C)c(NN)c1. The van der Waals surface area contributed by atoms with Gasteiger partial charge in [0.1, 0.15) is 5.82 Å². The Balaban J connectivity index is 2.32. The fraction of sp³-hybridized carbons (Fsp3) is 0.133. The van der Waals surface area contributed by atoms with E-state index < -0.39 is 0 Å². The van der Waals surface area contributed by atoms with Crippen molar-refractivity contribution < 1.29 is 9.18 Å². The lowest BCUT2D eigenvalue weighted by Gasteiger charge is -2.12. The number of hydrogen-bond acceptors (Lipinski definition) is 3.